The molecule has 0 spiro atoms. The van der Waals surface area contributed by atoms with Crippen molar-refractivity contribution in [3.05, 3.63) is 83.9 Å². The van der Waals surface area contributed by atoms with E-state index in [4.69, 9.17) is 11.5 Å². The molecule has 8 atom stereocenters. The van der Waals surface area contributed by atoms with Gasteiger partial charge in [0.2, 0.25) is 41.4 Å². The second kappa shape index (κ2) is 28.1. The van der Waals surface area contributed by atoms with Crippen LogP contribution in [0.2, 0.25) is 0 Å². The van der Waals surface area contributed by atoms with Gasteiger partial charge < -0.3 is 58.6 Å². The average molecular weight is 969 g/mol. The second-order valence-corrected chi connectivity index (χ2v) is 18.4. The quantitative estimate of drug-likeness (QED) is 0.0450. The van der Waals surface area contributed by atoms with Gasteiger partial charge in [0.1, 0.15) is 42.0 Å². The maximum Gasteiger partial charge on any atom is 0.305 e. The average Bonchev–Trinajstić information content (AvgIpc) is 3.81. The lowest BCUT2D eigenvalue weighted by Crippen LogP contribution is -2.61. The van der Waals surface area contributed by atoms with Crippen molar-refractivity contribution < 1.29 is 48.6 Å². The van der Waals surface area contributed by atoms with Gasteiger partial charge in [-0.1, -0.05) is 63.2 Å². The summed E-state index contributed by atoms with van der Waals surface area (Å²) >= 11 is 2.82. The first-order chi connectivity index (χ1) is 31.8. The van der Waals surface area contributed by atoms with Gasteiger partial charge in [0.25, 0.3) is 0 Å². The van der Waals surface area contributed by atoms with Crippen LogP contribution in [0.25, 0.3) is 0 Å². The van der Waals surface area contributed by atoms with Crippen molar-refractivity contribution in [3.63, 3.8) is 0 Å². The lowest BCUT2D eigenvalue weighted by Gasteiger charge is -2.30. The number of aromatic amines is 1. The number of aromatic nitrogens is 2. The highest BCUT2D eigenvalue weighted by molar-refractivity contribution is 7.98. The molecule has 3 rings (SSSR count). The molecule has 0 radical (unpaired) electrons. The molecule has 20 nitrogen and oxygen atoms in total. The number of hydrogen-bond acceptors (Lipinski definition) is 13. The molecule has 13 N–H and O–H groups in total. The van der Waals surface area contributed by atoms with Crippen molar-refractivity contribution in [2.24, 2.45) is 17.4 Å². The number of carboxylic acid groups (broad SMARTS) is 1. The number of nitrogens with two attached hydrogens (primary N) is 2. The minimum Gasteiger partial charge on any atom is -0.508 e. The van der Waals surface area contributed by atoms with E-state index in [1.54, 1.807) is 55.6 Å². The molecule has 0 aliphatic carbocycles. The van der Waals surface area contributed by atoms with Crippen LogP contribution < -0.4 is 43.4 Å². The number of imidazole rings is 1. The van der Waals surface area contributed by atoms with Crippen LogP contribution in [-0.2, 0) is 51.2 Å². The van der Waals surface area contributed by atoms with Gasteiger partial charge in [0.05, 0.1) is 18.8 Å². The van der Waals surface area contributed by atoms with Gasteiger partial charge in [-0.05, 0) is 78.9 Å². The van der Waals surface area contributed by atoms with Gasteiger partial charge in [0, 0.05) is 24.2 Å². The van der Waals surface area contributed by atoms with Crippen molar-refractivity contribution in [2.75, 3.05) is 24.0 Å². The Labute approximate surface area is 398 Å². The van der Waals surface area contributed by atoms with Crippen LogP contribution in [0.1, 0.15) is 69.2 Å². The summed E-state index contributed by atoms with van der Waals surface area (Å²) in [5.74, 6) is -6.81. The summed E-state index contributed by atoms with van der Waals surface area (Å²) in [7, 11) is 0. The fourth-order valence-corrected chi connectivity index (χ4v) is 7.83. The summed E-state index contributed by atoms with van der Waals surface area (Å²) in [6.07, 6.45) is 6.05. The van der Waals surface area contributed by atoms with Crippen LogP contribution in [0.15, 0.2) is 67.1 Å². The van der Waals surface area contributed by atoms with Gasteiger partial charge in [0.15, 0.2) is 0 Å². The van der Waals surface area contributed by atoms with Crippen LogP contribution in [0.3, 0.4) is 0 Å². The number of carbonyl (C=O) groups excluding carboxylic acids is 7. The first kappa shape index (κ1) is 55.2. The smallest absolute Gasteiger partial charge is 0.305 e. The molecule has 7 amide bonds. The van der Waals surface area contributed by atoms with Crippen molar-refractivity contribution in [1.82, 2.24) is 41.9 Å². The largest absolute Gasteiger partial charge is 0.508 e. The number of aromatic hydroxyl groups is 1. The maximum atomic E-state index is 14.6. The molecule has 1 aromatic heterocycles. The van der Waals surface area contributed by atoms with Crippen molar-refractivity contribution >= 4 is 70.8 Å². The topological polar surface area (TPSA) is 330 Å². The molecule has 0 saturated carbocycles. The number of aliphatic carboxylic acids is 1. The molecule has 3 aromatic rings. The highest BCUT2D eigenvalue weighted by atomic mass is 32.2. The van der Waals surface area contributed by atoms with Crippen molar-refractivity contribution in [1.29, 1.82) is 0 Å². The molecule has 0 unspecified atom stereocenters. The minimum atomic E-state index is -1.55. The van der Waals surface area contributed by atoms with E-state index in [0.29, 0.717) is 28.3 Å². The zero-order chi connectivity index (χ0) is 49.6. The number of nitrogens with one attached hydrogen (secondary N) is 7. The number of carboxylic acids is 1. The van der Waals surface area contributed by atoms with Gasteiger partial charge in [-0.25, -0.2) is 4.98 Å². The van der Waals surface area contributed by atoms with Gasteiger partial charge >= 0.3 is 5.97 Å². The number of amides is 7. The summed E-state index contributed by atoms with van der Waals surface area (Å²) in [4.78, 5) is 114. The number of nitrogens with zero attached hydrogens (tertiary/aromatic N) is 1. The van der Waals surface area contributed by atoms with E-state index in [1.807, 2.05) is 20.1 Å². The number of benzene rings is 2. The van der Waals surface area contributed by atoms with E-state index >= 15 is 0 Å². The van der Waals surface area contributed by atoms with E-state index in [0.717, 1.165) is 0 Å². The standard InChI is InChI=1S/C45H64N10O10S2/c1-25(2)19-35(43(63)51-32(15-17-66-4)41(61)52-34(39(47)59)22-37(57)58)53-44(64)36(21-29-23-48-24-49-29)54-45(65)38(26(3)28-9-7-6-8-10-28)55-42(62)33(16-18-67-5)50-40(60)31(46)20-27-11-13-30(56)14-12-27/h6-14,23-26,31-36,38,56H,15-22,46H2,1-5H3,(H2,47,59)(H,48,49)(H,50,60)(H,51,63)(H,52,61)(H,53,64)(H,54,65)(H,55,62)(H,57,58)/t26-,31+,32+,33-,34+,35+,36+,38+/m1/s1. The van der Waals surface area contributed by atoms with Crippen LogP contribution in [0, 0.1) is 5.92 Å². The highest BCUT2D eigenvalue weighted by Crippen LogP contribution is 2.21. The molecule has 366 valence electrons. The Kier molecular flexibility index (Phi) is 23.2. The summed E-state index contributed by atoms with van der Waals surface area (Å²) in [6, 6.07) is 6.27. The van der Waals surface area contributed by atoms with E-state index in [1.165, 1.54) is 48.2 Å². The number of thioether (sulfide) groups is 2. The predicted octanol–water partition coefficient (Wildman–Crippen LogP) is 0.453. The number of phenolic OH excluding ortho intramolecular Hbond substituents is 1. The molecule has 2 aromatic carbocycles. The summed E-state index contributed by atoms with van der Waals surface area (Å²) < 4.78 is 0. The third-order valence-corrected chi connectivity index (χ3v) is 11.9. The number of phenols is 1. The molecular weight excluding hydrogens is 905 g/mol. The third kappa shape index (κ3) is 18.9. The van der Waals surface area contributed by atoms with Gasteiger partial charge in [-0.15, -0.1) is 0 Å². The van der Waals surface area contributed by atoms with Crippen LogP contribution >= 0.6 is 23.5 Å². The molecule has 1 heterocycles. The maximum absolute atomic E-state index is 14.6. The Morgan fingerprint density at radius 2 is 1.19 bits per heavy atom. The van der Waals surface area contributed by atoms with Gasteiger partial charge in [-0.2, -0.15) is 23.5 Å². The zero-order valence-corrected chi connectivity index (χ0v) is 39.9. The Morgan fingerprint density at radius 3 is 1.73 bits per heavy atom. The minimum absolute atomic E-state index is 0.0552. The number of rotatable bonds is 29. The second-order valence-electron chi connectivity index (χ2n) is 16.4. The van der Waals surface area contributed by atoms with Crippen molar-refractivity contribution in [2.45, 2.75) is 108 Å². The number of primary amides is 1. The van der Waals surface area contributed by atoms with Gasteiger partial charge in [-0.3, -0.25) is 38.4 Å². The third-order valence-electron chi connectivity index (χ3n) is 10.6. The number of H-pyrrole nitrogens is 1. The Balaban J connectivity index is 1.93. The SMILES string of the molecule is CSCC[C@H](NC(=O)[C@H](CC(C)C)NC(=O)[C@H](Cc1cnc[nH]1)NC(=O)[C@@H](NC(=O)[C@@H](CCSC)NC(=O)[C@@H](N)Cc1ccc(O)cc1)[C@H](C)c1ccccc1)C(=O)N[C@@H](CC(=O)O)C(N)=O. The van der Waals surface area contributed by atoms with Crippen LogP contribution in [-0.4, -0.2) is 134 Å². The number of carbonyl (C=O) groups is 8. The fourth-order valence-electron chi connectivity index (χ4n) is 6.89. The lowest BCUT2D eigenvalue weighted by molar-refractivity contribution is -0.140. The molecule has 0 fully saturated rings. The normalized spacial score (nSPS) is 14.7. The van der Waals surface area contributed by atoms with E-state index in [-0.39, 0.29) is 43.8 Å². The summed E-state index contributed by atoms with van der Waals surface area (Å²) in [5, 5.41) is 34.9. The molecule has 0 aliphatic heterocycles. The first-order valence-corrected chi connectivity index (χ1v) is 24.5. The molecule has 0 aliphatic rings. The first-order valence-electron chi connectivity index (χ1n) is 21.7. The zero-order valence-electron chi connectivity index (χ0n) is 38.3. The number of hydrogen-bond donors (Lipinski definition) is 11. The Hall–Kier alpha value is -6.13. The molecule has 22 heteroatoms. The van der Waals surface area contributed by atoms with E-state index in [9.17, 15) is 48.6 Å². The molecule has 0 bridgehead atoms. The Morgan fingerprint density at radius 1 is 0.672 bits per heavy atom. The molecular formula is C45H64N10O10S2. The molecule has 0 saturated heterocycles. The van der Waals surface area contributed by atoms with E-state index < -0.39 is 102 Å². The van der Waals surface area contributed by atoms with Crippen LogP contribution in [0.4, 0.5) is 0 Å². The summed E-state index contributed by atoms with van der Waals surface area (Å²) in [6.45, 7) is 5.36. The van der Waals surface area contributed by atoms with Crippen molar-refractivity contribution in [3.8, 4) is 5.75 Å². The van der Waals surface area contributed by atoms with E-state index in [2.05, 4.69) is 41.9 Å². The van der Waals surface area contributed by atoms with Crippen LogP contribution in [0.5, 0.6) is 5.75 Å². The highest BCUT2D eigenvalue weighted by Gasteiger charge is 2.36. The summed E-state index contributed by atoms with van der Waals surface area (Å²) in [5.41, 5.74) is 13.4. The fraction of sp³-hybridized carbons (Fsp3) is 0.489. The Bertz CT molecular complexity index is 2100. The lowest BCUT2D eigenvalue weighted by atomic mass is 9.91. The molecule has 67 heavy (non-hydrogen) atoms. The predicted molar refractivity (Wildman–Crippen MR) is 255 cm³/mol. The monoisotopic (exact) mass is 968 g/mol.